The Hall–Kier alpha value is -2.51. The van der Waals surface area contributed by atoms with E-state index in [1.54, 1.807) is 18.5 Å². The first-order chi connectivity index (χ1) is 11.8. The van der Waals surface area contributed by atoms with Gasteiger partial charge in [0.05, 0.1) is 12.5 Å². The van der Waals surface area contributed by atoms with Crippen molar-refractivity contribution in [2.45, 2.75) is 38.8 Å². The molecule has 2 aromatic heterocycles. The molecule has 0 radical (unpaired) electrons. The topological polar surface area (TPSA) is 88.8 Å². The molecule has 2 aliphatic rings. The third kappa shape index (κ3) is 2.95. The molecular formula is C16H21N7O. The predicted octanol–water partition coefficient (Wildman–Crippen LogP) is 0.547. The second-order valence-electron chi connectivity index (χ2n) is 6.34. The van der Waals surface area contributed by atoms with Gasteiger partial charge in [-0.1, -0.05) is 0 Å². The Morgan fingerprint density at radius 3 is 2.96 bits per heavy atom. The molecule has 0 aliphatic carbocycles. The summed E-state index contributed by atoms with van der Waals surface area (Å²) in [5, 5.41) is 11.4. The zero-order valence-electron chi connectivity index (χ0n) is 13.6. The van der Waals surface area contributed by atoms with E-state index in [9.17, 15) is 4.79 Å². The zero-order chi connectivity index (χ0) is 16.4. The van der Waals surface area contributed by atoms with Crippen LogP contribution < -0.4 is 10.2 Å². The maximum absolute atomic E-state index is 12.5. The Kier molecular flexibility index (Phi) is 4.10. The zero-order valence-corrected chi connectivity index (χ0v) is 13.6. The number of anilines is 1. The van der Waals surface area contributed by atoms with Crippen molar-refractivity contribution in [3.8, 4) is 0 Å². The lowest BCUT2D eigenvalue weighted by Gasteiger charge is -2.31. The highest BCUT2D eigenvalue weighted by atomic mass is 16.1. The summed E-state index contributed by atoms with van der Waals surface area (Å²) in [5.74, 6) is 2.62. The first-order valence-electron chi connectivity index (χ1n) is 8.52. The van der Waals surface area contributed by atoms with Crippen molar-refractivity contribution < 1.29 is 4.79 Å². The molecule has 1 saturated heterocycles. The average molecular weight is 327 g/mol. The summed E-state index contributed by atoms with van der Waals surface area (Å²) < 4.78 is 2.12. The predicted molar refractivity (Wildman–Crippen MR) is 87.2 cm³/mol. The molecule has 2 aromatic rings. The molecule has 0 aromatic carbocycles. The van der Waals surface area contributed by atoms with Crippen molar-refractivity contribution in [3.63, 3.8) is 0 Å². The summed E-state index contributed by atoms with van der Waals surface area (Å²) in [5.41, 5.74) is 0. The van der Waals surface area contributed by atoms with Crippen LogP contribution in [0.2, 0.25) is 0 Å². The first kappa shape index (κ1) is 15.0. The van der Waals surface area contributed by atoms with E-state index in [0.29, 0.717) is 19.0 Å². The summed E-state index contributed by atoms with van der Waals surface area (Å²) in [6.45, 7) is 2.96. The van der Waals surface area contributed by atoms with Gasteiger partial charge in [-0.25, -0.2) is 9.97 Å². The number of amides is 1. The Morgan fingerprint density at radius 2 is 2.08 bits per heavy atom. The Balaban J connectivity index is 1.35. The first-order valence-corrected chi connectivity index (χ1v) is 8.52. The number of nitrogens with zero attached hydrogens (tertiary/aromatic N) is 6. The molecule has 8 heteroatoms. The fourth-order valence-corrected chi connectivity index (χ4v) is 3.48. The molecule has 1 atom stereocenters. The van der Waals surface area contributed by atoms with Gasteiger partial charge in [0.15, 0.2) is 5.82 Å². The van der Waals surface area contributed by atoms with Crippen LogP contribution in [0, 0.1) is 5.92 Å². The highest BCUT2D eigenvalue weighted by Crippen LogP contribution is 2.20. The summed E-state index contributed by atoms with van der Waals surface area (Å²) in [6, 6.07) is 1.80. The molecule has 8 nitrogen and oxygen atoms in total. The number of piperidine rings is 1. The molecule has 0 saturated carbocycles. The lowest BCUT2D eigenvalue weighted by atomic mass is 9.97. The molecular weight excluding hydrogens is 306 g/mol. The molecule has 0 spiro atoms. The van der Waals surface area contributed by atoms with Crippen molar-refractivity contribution in [1.29, 1.82) is 0 Å². The van der Waals surface area contributed by atoms with E-state index in [1.165, 1.54) is 0 Å². The molecule has 24 heavy (non-hydrogen) atoms. The minimum atomic E-state index is -0.0384. The van der Waals surface area contributed by atoms with Gasteiger partial charge < -0.3 is 14.8 Å². The van der Waals surface area contributed by atoms with E-state index < -0.39 is 0 Å². The van der Waals surface area contributed by atoms with Gasteiger partial charge in [0.2, 0.25) is 11.9 Å². The normalized spacial score (nSPS) is 20.0. The van der Waals surface area contributed by atoms with Gasteiger partial charge in [-0.05, 0) is 25.3 Å². The molecule has 2 aliphatic heterocycles. The maximum Gasteiger partial charge on any atom is 0.225 e. The fraction of sp³-hybridized carbons (Fsp3) is 0.562. The van der Waals surface area contributed by atoms with E-state index in [4.69, 9.17) is 0 Å². The standard InChI is InChI=1S/C16H21N7O/c24-15(19-10-14-21-20-13-5-2-9-23(13)14)12-4-1-8-22(11-12)16-17-6-3-7-18-16/h3,6-7,12H,1-2,4-5,8-11H2,(H,19,24). The molecule has 4 rings (SSSR count). The maximum atomic E-state index is 12.5. The Labute approximate surface area is 140 Å². The molecule has 1 unspecified atom stereocenters. The molecule has 4 heterocycles. The summed E-state index contributed by atoms with van der Waals surface area (Å²) >= 11 is 0. The van der Waals surface area contributed by atoms with Crippen molar-refractivity contribution in [1.82, 2.24) is 30.0 Å². The third-order valence-corrected chi connectivity index (χ3v) is 4.73. The second kappa shape index (κ2) is 6.54. The van der Waals surface area contributed by atoms with Gasteiger partial charge in [-0.3, -0.25) is 4.79 Å². The second-order valence-corrected chi connectivity index (χ2v) is 6.34. The van der Waals surface area contributed by atoms with Crippen LogP contribution in [0.3, 0.4) is 0 Å². The number of rotatable bonds is 4. The van der Waals surface area contributed by atoms with Crippen molar-refractivity contribution in [3.05, 3.63) is 30.1 Å². The van der Waals surface area contributed by atoms with Crippen LogP contribution in [0.1, 0.15) is 30.9 Å². The summed E-state index contributed by atoms with van der Waals surface area (Å²) in [4.78, 5) is 23.2. The van der Waals surface area contributed by atoms with Gasteiger partial charge >= 0.3 is 0 Å². The third-order valence-electron chi connectivity index (χ3n) is 4.73. The van der Waals surface area contributed by atoms with E-state index in [2.05, 4.69) is 34.9 Å². The van der Waals surface area contributed by atoms with E-state index in [-0.39, 0.29) is 11.8 Å². The van der Waals surface area contributed by atoms with Gasteiger partial charge in [0.1, 0.15) is 5.82 Å². The smallest absolute Gasteiger partial charge is 0.225 e. The molecule has 0 bridgehead atoms. The average Bonchev–Trinajstić information content (AvgIpc) is 3.25. The van der Waals surface area contributed by atoms with E-state index >= 15 is 0 Å². The number of nitrogens with one attached hydrogen (secondary N) is 1. The fourth-order valence-electron chi connectivity index (χ4n) is 3.48. The van der Waals surface area contributed by atoms with Gasteiger partial charge in [-0.15, -0.1) is 10.2 Å². The lowest BCUT2D eigenvalue weighted by Crippen LogP contribution is -2.43. The lowest BCUT2D eigenvalue weighted by molar-refractivity contribution is -0.125. The molecule has 1 amide bonds. The molecule has 126 valence electrons. The summed E-state index contributed by atoms with van der Waals surface area (Å²) in [7, 11) is 0. The van der Waals surface area contributed by atoms with Crippen molar-refractivity contribution in [2.75, 3.05) is 18.0 Å². The number of hydrogen-bond donors (Lipinski definition) is 1. The SMILES string of the molecule is O=C(NCc1nnc2n1CCC2)C1CCCN(c2ncccn2)C1. The van der Waals surface area contributed by atoms with Gasteiger partial charge in [-0.2, -0.15) is 0 Å². The van der Waals surface area contributed by atoms with Crippen LogP contribution in [0.15, 0.2) is 18.5 Å². The Morgan fingerprint density at radius 1 is 1.21 bits per heavy atom. The molecule has 1 fully saturated rings. The number of carbonyl (C=O) groups is 1. The van der Waals surface area contributed by atoms with Crippen molar-refractivity contribution >= 4 is 11.9 Å². The monoisotopic (exact) mass is 327 g/mol. The Bertz CT molecular complexity index is 714. The van der Waals surface area contributed by atoms with Gasteiger partial charge in [0, 0.05) is 38.4 Å². The van der Waals surface area contributed by atoms with Crippen LogP contribution in [0.4, 0.5) is 5.95 Å². The van der Waals surface area contributed by atoms with E-state index in [0.717, 1.165) is 50.4 Å². The van der Waals surface area contributed by atoms with Crippen LogP contribution in [0.25, 0.3) is 0 Å². The quantitative estimate of drug-likeness (QED) is 0.882. The van der Waals surface area contributed by atoms with Crippen LogP contribution >= 0.6 is 0 Å². The number of carbonyl (C=O) groups excluding carboxylic acids is 1. The number of aromatic nitrogens is 5. The number of aryl methyl sites for hydroxylation is 1. The highest BCUT2D eigenvalue weighted by Gasteiger charge is 2.27. The number of fused-ring (bicyclic) bond motifs is 1. The minimum Gasteiger partial charge on any atom is -0.348 e. The van der Waals surface area contributed by atoms with E-state index in [1.807, 2.05) is 0 Å². The van der Waals surface area contributed by atoms with Crippen LogP contribution in [0.5, 0.6) is 0 Å². The minimum absolute atomic E-state index is 0.0384. The van der Waals surface area contributed by atoms with Crippen molar-refractivity contribution in [2.24, 2.45) is 5.92 Å². The highest BCUT2D eigenvalue weighted by molar-refractivity contribution is 5.79. The summed E-state index contributed by atoms with van der Waals surface area (Å²) in [6.07, 6.45) is 7.43. The molecule has 1 N–H and O–H groups in total. The van der Waals surface area contributed by atoms with Crippen LogP contribution in [-0.2, 0) is 24.3 Å². The van der Waals surface area contributed by atoms with Crippen LogP contribution in [-0.4, -0.2) is 43.7 Å². The largest absolute Gasteiger partial charge is 0.348 e. The van der Waals surface area contributed by atoms with Gasteiger partial charge in [0.25, 0.3) is 0 Å². The number of hydrogen-bond acceptors (Lipinski definition) is 6.